The number of nitrogens with two attached hydrogens (primary N) is 1. The minimum absolute atomic E-state index is 0.0280. The Balaban J connectivity index is 3.34. The number of esters is 3. The molecule has 0 bridgehead atoms. The largest absolute Gasteiger partial charge is 0.480 e. The molecule has 1 rings (SSSR count). The third-order valence-corrected chi connectivity index (χ3v) is 6.80. The fourth-order valence-corrected chi connectivity index (χ4v) is 4.26. The minimum atomic E-state index is -1.33. The molecule has 9 heteroatoms. The zero-order valence-electron chi connectivity index (χ0n) is 24.2. The van der Waals surface area contributed by atoms with Crippen LogP contribution in [-0.4, -0.2) is 41.1 Å². The van der Waals surface area contributed by atoms with E-state index in [0.717, 1.165) is 32.1 Å². The van der Waals surface area contributed by atoms with E-state index in [4.69, 9.17) is 19.9 Å². The smallest absolute Gasteiger partial charge is 0.321 e. The molecule has 39 heavy (non-hydrogen) atoms. The van der Waals surface area contributed by atoms with Crippen molar-refractivity contribution in [2.75, 3.05) is 0 Å². The topological polar surface area (TPSA) is 142 Å². The number of carboxylic acid groups (broad SMARTS) is 1. The third-order valence-electron chi connectivity index (χ3n) is 6.80. The first-order valence-corrected chi connectivity index (χ1v) is 14.3. The number of carbonyl (C=O) groups excluding carboxylic acids is 3. The molecule has 0 aliphatic rings. The third kappa shape index (κ3) is 12.2. The van der Waals surface area contributed by atoms with E-state index >= 15 is 0 Å². The number of unbranched alkanes of at least 4 members (excludes halogenated alkanes) is 5. The van der Waals surface area contributed by atoms with Gasteiger partial charge in [0.25, 0.3) is 0 Å². The van der Waals surface area contributed by atoms with E-state index in [1.807, 2.05) is 20.8 Å². The molecule has 220 valence electrons. The van der Waals surface area contributed by atoms with Crippen molar-refractivity contribution in [1.82, 2.24) is 0 Å². The van der Waals surface area contributed by atoms with Gasteiger partial charge >= 0.3 is 23.9 Å². The molecule has 0 aliphatic heterocycles. The van der Waals surface area contributed by atoms with E-state index in [9.17, 15) is 24.3 Å². The van der Waals surface area contributed by atoms with Crippen LogP contribution in [0.4, 0.5) is 0 Å². The molecule has 0 saturated heterocycles. The number of ether oxygens (including phenoxy) is 3. The number of rotatable bonds is 19. The highest BCUT2D eigenvalue weighted by atomic mass is 16.6. The second-order valence-corrected chi connectivity index (χ2v) is 10.1. The Labute approximate surface area is 232 Å². The van der Waals surface area contributed by atoms with Crippen LogP contribution in [-0.2, 0) is 23.9 Å². The quantitative estimate of drug-likeness (QED) is 0.122. The van der Waals surface area contributed by atoms with Gasteiger partial charge in [-0.1, -0.05) is 65.9 Å². The summed E-state index contributed by atoms with van der Waals surface area (Å²) in [5.74, 6) is -3.67. The maximum absolute atomic E-state index is 12.6. The Bertz CT molecular complexity index is 932. The molecular weight excluding hydrogens is 502 g/mol. The van der Waals surface area contributed by atoms with Crippen LogP contribution in [0.2, 0.25) is 0 Å². The van der Waals surface area contributed by atoms with Crippen molar-refractivity contribution in [2.45, 2.75) is 123 Å². The van der Waals surface area contributed by atoms with Crippen molar-refractivity contribution in [3.05, 3.63) is 23.8 Å². The first kappa shape index (κ1) is 34.1. The first-order chi connectivity index (χ1) is 18.5. The molecule has 3 N–H and O–H groups in total. The standard InChI is InChI=1S/C30H47NO8/c1-6-9-12-15-26(33)38-23-18-17-22(19-24(23)39-27(34)16-13-10-7-2)28(29(31)30(35)36)20(4)21(5)37-25(32)14-11-8-3/h17-21,28-29H,6-16,31H2,1-5H3,(H,35,36)/t20?,21?,28?,29-/m0/s1. The second kappa shape index (κ2) is 18.4. The van der Waals surface area contributed by atoms with Crippen LogP contribution >= 0.6 is 0 Å². The summed E-state index contributed by atoms with van der Waals surface area (Å²) in [6.45, 7) is 9.51. The predicted octanol–water partition coefficient (Wildman–Crippen LogP) is 5.91. The SMILES string of the molecule is CCCCCC(=O)Oc1ccc(C(C(C)C(C)OC(=O)CCCC)[C@H](N)C(=O)O)cc1OC(=O)CCCCC. The molecule has 0 fully saturated rings. The summed E-state index contributed by atoms with van der Waals surface area (Å²) in [4.78, 5) is 49.2. The highest BCUT2D eigenvalue weighted by Gasteiger charge is 2.35. The van der Waals surface area contributed by atoms with Gasteiger partial charge in [0.1, 0.15) is 12.1 Å². The van der Waals surface area contributed by atoms with E-state index in [1.54, 1.807) is 19.9 Å². The monoisotopic (exact) mass is 549 g/mol. The zero-order chi connectivity index (χ0) is 29.4. The summed E-state index contributed by atoms with van der Waals surface area (Å²) in [6.07, 6.45) is 6.62. The van der Waals surface area contributed by atoms with E-state index in [0.29, 0.717) is 24.8 Å². The lowest BCUT2D eigenvalue weighted by Gasteiger charge is -2.32. The lowest BCUT2D eigenvalue weighted by Crippen LogP contribution is -2.42. The van der Waals surface area contributed by atoms with E-state index < -0.39 is 41.9 Å². The van der Waals surface area contributed by atoms with Gasteiger partial charge in [-0.05, 0) is 43.9 Å². The van der Waals surface area contributed by atoms with Crippen LogP contribution in [0.15, 0.2) is 18.2 Å². The molecule has 1 aromatic carbocycles. The van der Waals surface area contributed by atoms with E-state index in [2.05, 4.69) is 0 Å². The van der Waals surface area contributed by atoms with E-state index in [1.165, 1.54) is 12.1 Å². The summed E-state index contributed by atoms with van der Waals surface area (Å²) >= 11 is 0. The Kier molecular flexibility index (Phi) is 16.1. The summed E-state index contributed by atoms with van der Waals surface area (Å²) in [5, 5.41) is 9.77. The number of carbonyl (C=O) groups is 4. The number of hydrogen-bond acceptors (Lipinski definition) is 8. The van der Waals surface area contributed by atoms with Gasteiger partial charge in [-0.15, -0.1) is 0 Å². The lowest BCUT2D eigenvalue weighted by molar-refractivity contribution is -0.151. The van der Waals surface area contributed by atoms with Crippen molar-refractivity contribution in [2.24, 2.45) is 11.7 Å². The fraction of sp³-hybridized carbons (Fsp3) is 0.667. The average molecular weight is 550 g/mol. The summed E-state index contributed by atoms with van der Waals surface area (Å²) in [5.41, 5.74) is 6.60. The van der Waals surface area contributed by atoms with Crippen LogP contribution in [0.1, 0.15) is 117 Å². The van der Waals surface area contributed by atoms with Gasteiger partial charge in [0.2, 0.25) is 0 Å². The van der Waals surface area contributed by atoms with Crippen molar-refractivity contribution in [3.63, 3.8) is 0 Å². The van der Waals surface area contributed by atoms with Gasteiger partial charge in [-0.2, -0.15) is 0 Å². The number of benzene rings is 1. The molecule has 0 radical (unpaired) electrons. The molecule has 9 nitrogen and oxygen atoms in total. The highest BCUT2D eigenvalue weighted by molar-refractivity contribution is 5.77. The molecule has 0 aromatic heterocycles. The first-order valence-electron chi connectivity index (χ1n) is 14.3. The molecule has 4 atom stereocenters. The van der Waals surface area contributed by atoms with Crippen molar-refractivity contribution in [3.8, 4) is 11.5 Å². The molecule has 0 amide bonds. The fourth-order valence-electron chi connectivity index (χ4n) is 4.26. The number of aliphatic carboxylic acids is 1. The maximum atomic E-state index is 12.6. The predicted molar refractivity (Wildman–Crippen MR) is 149 cm³/mol. The Morgan fingerprint density at radius 1 is 0.769 bits per heavy atom. The van der Waals surface area contributed by atoms with Gasteiger partial charge in [0.15, 0.2) is 11.5 Å². The Morgan fingerprint density at radius 3 is 1.79 bits per heavy atom. The Morgan fingerprint density at radius 2 is 1.28 bits per heavy atom. The molecule has 1 aromatic rings. The van der Waals surface area contributed by atoms with E-state index in [-0.39, 0.29) is 36.7 Å². The second-order valence-electron chi connectivity index (χ2n) is 10.1. The molecular formula is C30H47NO8. The highest BCUT2D eigenvalue weighted by Crippen LogP contribution is 2.37. The van der Waals surface area contributed by atoms with Crippen LogP contribution in [0.3, 0.4) is 0 Å². The number of carboxylic acids is 1. The summed E-state index contributed by atoms with van der Waals surface area (Å²) in [6, 6.07) is 3.28. The van der Waals surface area contributed by atoms with Gasteiger partial charge in [0, 0.05) is 31.1 Å². The molecule has 0 aliphatic carbocycles. The lowest BCUT2D eigenvalue weighted by atomic mass is 9.79. The van der Waals surface area contributed by atoms with Crippen LogP contribution in [0, 0.1) is 5.92 Å². The Hall–Kier alpha value is -2.94. The molecule has 3 unspecified atom stereocenters. The summed E-state index contributed by atoms with van der Waals surface area (Å²) in [7, 11) is 0. The van der Waals surface area contributed by atoms with Gasteiger partial charge < -0.3 is 25.1 Å². The van der Waals surface area contributed by atoms with Crippen molar-refractivity contribution < 1.29 is 38.5 Å². The van der Waals surface area contributed by atoms with Crippen LogP contribution < -0.4 is 15.2 Å². The average Bonchev–Trinajstić information content (AvgIpc) is 2.89. The normalized spacial score (nSPS) is 14.1. The van der Waals surface area contributed by atoms with Gasteiger partial charge in [-0.25, -0.2) is 0 Å². The summed E-state index contributed by atoms with van der Waals surface area (Å²) < 4.78 is 16.7. The molecule has 0 spiro atoms. The van der Waals surface area contributed by atoms with Crippen LogP contribution in [0.5, 0.6) is 11.5 Å². The van der Waals surface area contributed by atoms with Crippen molar-refractivity contribution >= 4 is 23.9 Å². The number of hydrogen-bond donors (Lipinski definition) is 2. The molecule has 0 saturated carbocycles. The van der Waals surface area contributed by atoms with Gasteiger partial charge in [-0.3, -0.25) is 19.2 Å². The van der Waals surface area contributed by atoms with Crippen LogP contribution in [0.25, 0.3) is 0 Å². The zero-order valence-corrected chi connectivity index (χ0v) is 24.2. The maximum Gasteiger partial charge on any atom is 0.321 e. The molecule has 0 heterocycles. The minimum Gasteiger partial charge on any atom is -0.480 e. The van der Waals surface area contributed by atoms with Gasteiger partial charge in [0.05, 0.1) is 0 Å². The van der Waals surface area contributed by atoms with Crippen molar-refractivity contribution in [1.29, 1.82) is 0 Å².